The third-order valence-corrected chi connectivity index (χ3v) is 3.02. The first-order valence-corrected chi connectivity index (χ1v) is 6.85. The van der Waals surface area contributed by atoms with Crippen molar-refractivity contribution in [3.05, 3.63) is 48.2 Å². The number of ether oxygens (including phenoxy) is 1. The average molecular weight is 285 g/mol. The van der Waals surface area contributed by atoms with E-state index in [0.29, 0.717) is 18.0 Å². The van der Waals surface area contributed by atoms with Crippen molar-refractivity contribution in [3.8, 4) is 11.6 Å². The molecule has 0 spiro atoms. The maximum absolute atomic E-state index is 11.7. The smallest absolute Gasteiger partial charge is 0.241 e. The molecule has 0 unspecified atom stereocenters. The highest BCUT2D eigenvalue weighted by Crippen LogP contribution is 2.20. The zero-order valence-corrected chi connectivity index (χ0v) is 12.2. The number of carbonyl (C=O) groups is 1. The highest BCUT2D eigenvalue weighted by Gasteiger charge is 2.11. The highest BCUT2D eigenvalue weighted by molar-refractivity contribution is 5.94. The van der Waals surface area contributed by atoms with Crippen LogP contribution < -0.4 is 15.8 Å². The Bertz CT molecular complexity index is 594. The Hall–Kier alpha value is -2.40. The van der Waals surface area contributed by atoms with E-state index < -0.39 is 6.04 Å². The van der Waals surface area contributed by atoms with Gasteiger partial charge in [0.25, 0.3) is 0 Å². The predicted molar refractivity (Wildman–Crippen MR) is 82.4 cm³/mol. The maximum Gasteiger partial charge on any atom is 0.241 e. The summed E-state index contributed by atoms with van der Waals surface area (Å²) in [5.41, 5.74) is 7.42. The fourth-order valence-electron chi connectivity index (χ4n) is 1.66. The fraction of sp³-hybridized carbons (Fsp3) is 0.250. The Kier molecular flexibility index (Phi) is 4.90. The lowest BCUT2D eigenvalue weighted by molar-refractivity contribution is -0.117. The van der Waals surface area contributed by atoms with Crippen LogP contribution in [0.3, 0.4) is 0 Å². The van der Waals surface area contributed by atoms with Crippen molar-refractivity contribution in [2.45, 2.75) is 26.3 Å². The number of hydrogen-bond acceptors (Lipinski definition) is 4. The third-order valence-electron chi connectivity index (χ3n) is 3.02. The molecule has 21 heavy (non-hydrogen) atoms. The van der Waals surface area contributed by atoms with Crippen molar-refractivity contribution in [1.82, 2.24) is 4.98 Å². The number of nitrogens with one attached hydrogen (secondary N) is 1. The summed E-state index contributed by atoms with van der Waals surface area (Å²) in [6, 6.07) is 10.6. The largest absolute Gasteiger partial charge is 0.439 e. The molecule has 1 aromatic heterocycles. The van der Waals surface area contributed by atoms with E-state index in [1.807, 2.05) is 38.1 Å². The second-order valence-corrected chi connectivity index (χ2v) is 4.80. The van der Waals surface area contributed by atoms with Crippen LogP contribution in [0.25, 0.3) is 0 Å². The molecule has 2 aromatic rings. The summed E-state index contributed by atoms with van der Waals surface area (Å²) in [5, 5.41) is 2.71. The van der Waals surface area contributed by atoms with Gasteiger partial charge in [0.1, 0.15) is 5.75 Å². The zero-order chi connectivity index (χ0) is 15.2. The molecule has 0 fully saturated rings. The topological polar surface area (TPSA) is 77.2 Å². The number of carbonyl (C=O) groups excluding carboxylic acids is 1. The molecule has 0 saturated heterocycles. The average Bonchev–Trinajstić information content (AvgIpc) is 2.50. The van der Waals surface area contributed by atoms with Crippen LogP contribution in [0, 0.1) is 6.92 Å². The van der Waals surface area contributed by atoms with Gasteiger partial charge in [-0.3, -0.25) is 4.79 Å². The number of aryl methyl sites for hydroxylation is 1. The summed E-state index contributed by atoms with van der Waals surface area (Å²) >= 11 is 0. The normalized spacial score (nSPS) is 11.8. The van der Waals surface area contributed by atoms with Crippen LogP contribution in [0.1, 0.15) is 18.9 Å². The molecule has 1 aromatic carbocycles. The van der Waals surface area contributed by atoms with Gasteiger partial charge in [-0.05, 0) is 31.5 Å². The van der Waals surface area contributed by atoms with Crippen LogP contribution in [0.5, 0.6) is 11.6 Å². The van der Waals surface area contributed by atoms with Crippen molar-refractivity contribution < 1.29 is 9.53 Å². The minimum absolute atomic E-state index is 0.216. The van der Waals surface area contributed by atoms with Crippen molar-refractivity contribution in [2.75, 3.05) is 5.32 Å². The summed E-state index contributed by atoms with van der Waals surface area (Å²) in [6.45, 7) is 3.88. The Morgan fingerprint density at radius 1 is 1.29 bits per heavy atom. The number of aromatic nitrogens is 1. The molecule has 110 valence electrons. The van der Waals surface area contributed by atoms with Gasteiger partial charge in [-0.15, -0.1) is 0 Å². The standard InChI is InChI=1S/C16H19N3O2/c1-3-14(17)16(20)19-12-6-9-15(18-10-12)21-13-7-4-11(2)5-8-13/h4-10,14H,3,17H2,1-2H3,(H,19,20)/t14-/m0/s1. The molecule has 1 heterocycles. The number of amides is 1. The van der Waals surface area contributed by atoms with Crippen LogP contribution in [-0.2, 0) is 4.79 Å². The molecule has 0 bridgehead atoms. The van der Waals surface area contributed by atoms with E-state index in [1.165, 1.54) is 5.56 Å². The molecular weight excluding hydrogens is 266 g/mol. The Labute approximate surface area is 124 Å². The second kappa shape index (κ2) is 6.85. The van der Waals surface area contributed by atoms with Crippen LogP contribution in [0.4, 0.5) is 5.69 Å². The van der Waals surface area contributed by atoms with E-state index in [1.54, 1.807) is 18.3 Å². The van der Waals surface area contributed by atoms with Gasteiger partial charge in [-0.25, -0.2) is 4.98 Å². The maximum atomic E-state index is 11.7. The number of anilines is 1. The second-order valence-electron chi connectivity index (χ2n) is 4.80. The SMILES string of the molecule is CC[C@H](N)C(=O)Nc1ccc(Oc2ccc(C)cc2)nc1. The number of nitrogens with two attached hydrogens (primary N) is 1. The highest BCUT2D eigenvalue weighted by atomic mass is 16.5. The van der Waals surface area contributed by atoms with E-state index in [9.17, 15) is 4.79 Å². The lowest BCUT2D eigenvalue weighted by Crippen LogP contribution is -2.34. The quantitative estimate of drug-likeness (QED) is 0.885. The molecule has 5 heteroatoms. The van der Waals surface area contributed by atoms with Crippen LogP contribution in [-0.4, -0.2) is 16.9 Å². The molecular formula is C16H19N3O2. The molecule has 0 aliphatic rings. The molecule has 0 aliphatic carbocycles. The Morgan fingerprint density at radius 3 is 2.57 bits per heavy atom. The van der Waals surface area contributed by atoms with E-state index >= 15 is 0 Å². The first kappa shape index (κ1) is 15.0. The number of hydrogen-bond donors (Lipinski definition) is 2. The summed E-state index contributed by atoms with van der Waals surface area (Å²) in [6.07, 6.45) is 2.14. The Morgan fingerprint density at radius 2 is 2.00 bits per heavy atom. The lowest BCUT2D eigenvalue weighted by Gasteiger charge is -2.10. The van der Waals surface area contributed by atoms with Gasteiger partial charge in [-0.1, -0.05) is 24.6 Å². The van der Waals surface area contributed by atoms with Crippen molar-refractivity contribution >= 4 is 11.6 Å². The molecule has 0 radical (unpaired) electrons. The molecule has 1 atom stereocenters. The monoisotopic (exact) mass is 285 g/mol. The minimum atomic E-state index is -0.506. The number of nitrogens with zero attached hydrogens (tertiary/aromatic N) is 1. The van der Waals surface area contributed by atoms with Crippen molar-refractivity contribution in [1.29, 1.82) is 0 Å². The number of benzene rings is 1. The minimum Gasteiger partial charge on any atom is -0.439 e. The number of rotatable bonds is 5. The molecule has 1 amide bonds. The summed E-state index contributed by atoms with van der Waals surface area (Å²) in [7, 11) is 0. The van der Waals surface area contributed by atoms with Gasteiger partial charge >= 0.3 is 0 Å². The lowest BCUT2D eigenvalue weighted by atomic mass is 10.2. The third kappa shape index (κ3) is 4.29. The van der Waals surface area contributed by atoms with Gasteiger partial charge < -0.3 is 15.8 Å². The Balaban J connectivity index is 1.98. The van der Waals surface area contributed by atoms with Gasteiger partial charge in [-0.2, -0.15) is 0 Å². The van der Waals surface area contributed by atoms with Crippen LogP contribution in [0.15, 0.2) is 42.6 Å². The van der Waals surface area contributed by atoms with Gasteiger partial charge in [0.2, 0.25) is 11.8 Å². The molecule has 2 rings (SSSR count). The molecule has 3 N–H and O–H groups in total. The first-order chi connectivity index (χ1) is 10.1. The molecule has 5 nitrogen and oxygen atoms in total. The van der Waals surface area contributed by atoms with Crippen molar-refractivity contribution in [2.24, 2.45) is 5.73 Å². The van der Waals surface area contributed by atoms with E-state index in [2.05, 4.69) is 10.3 Å². The summed E-state index contributed by atoms with van der Waals surface area (Å²) in [4.78, 5) is 15.8. The van der Waals surface area contributed by atoms with E-state index in [4.69, 9.17) is 10.5 Å². The van der Waals surface area contributed by atoms with Gasteiger partial charge in [0.05, 0.1) is 17.9 Å². The first-order valence-electron chi connectivity index (χ1n) is 6.85. The summed E-state index contributed by atoms with van der Waals surface area (Å²) < 4.78 is 5.61. The summed E-state index contributed by atoms with van der Waals surface area (Å²) in [5.74, 6) is 0.973. The number of pyridine rings is 1. The van der Waals surface area contributed by atoms with Crippen LogP contribution in [0.2, 0.25) is 0 Å². The molecule has 0 saturated carbocycles. The van der Waals surface area contributed by atoms with E-state index in [0.717, 1.165) is 5.75 Å². The van der Waals surface area contributed by atoms with Gasteiger partial charge in [0, 0.05) is 6.07 Å². The van der Waals surface area contributed by atoms with Crippen LogP contribution >= 0.6 is 0 Å². The molecule has 0 aliphatic heterocycles. The zero-order valence-electron chi connectivity index (χ0n) is 12.2. The van der Waals surface area contributed by atoms with Crippen molar-refractivity contribution in [3.63, 3.8) is 0 Å². The fourth-order valence-corrected chi connectivity index (χ4v) is 1.66. The van der Waals surface area contributed by atoms with E-state index in [-0.39, 0.29) is 5.91 Å². The predicted octanol–water partition coefficient (Wildman–Crippen LogP) is 2.86. The van der Waals surface area contributed by atoms with Gasteiger partial charge in [0.15, 0.2) is 0 Å².